The van der Waals surface area contributed by atoms with Gasteiger partial charge in [0.05, 0.1) is 7.11 Å². The molecule has 136 valence electrons. The smallest absolute Gasteiger partial charge is 0.325 e. The monoisotopic (exact) mass is 358 g/mol. The first-order valence-electron chi connectivity index (χ1n) is 7.98. The highest BCUT2D eigenvalue weighted by molar-refractivity contribution is 6.01. The highest BCUT2D eigenvalue weighted by atomic mass is 16.5. The van der Waals surface area contributed by atoms with Crippen LogP contribution in [-0.2, 0) is 4.79 Å². The number of benzene rings is 1. The molecule has 1 atom stereocenters. The third-order valence-electron chi connectivity index (χ3n) is 4.28. The minimum atomic E-state index is -0.781. The van der Waals surface area contributed by atoms with Gasteiger partial charge in [0.15, 0.2) is 0 Å². The number of nitrogens with one attached hydrogen (secondary N) is 2. The van der Waals surface area contributed by atoms with Crippen LogP contribution in [0.2, 0.25) is 0 Å². The molecular formula is C17H18N4O5. The molecule has 1 aliphatic heterocycles. The molecule has 0 radical (unpaired) electrons. The van der Waals surface area contributed by atoms with Gasteiger partial charge in [-0.2, -0.15) is 0 Å². The van der Waals surface area contributed by atoms with Gasteiger partial charge >= 0.3 is 5.69 Å². The van der Waals surface area contributed by atoms with Crippen molar-refractivity contribution >= 4 is 17.5 Å². The summed E-state index contributed by atoms with van der Waals surface area (Å²) in [5, 5.41) is 0. The van der Waals surface area contributed by atoms with E-state index in [1.165, 1.54) is 4.90 Å². The molecule has 9 nitrogen and oxygen atoms in total. The summed E-state index contributed by atoms with van der Waals surface area (Å²) in [7, 11) is 1.56. The van der Waals surface area contributed by atoms with E-state index in [4.69, 9.17) is 4.74 Å². The van der Waals surface area contributed by atoms with Crippen molar-refractivity contribution in [1.29, 1.82) is 0 Å². The van der Waals surface area contributed by atoms with Crippen LogP contribution in [0.25, 0.3) is 0 Å². The van der Waals surface area contributed by atoms with Gasteiger partial charge in [0.2, 0.25) is 5.91 Å². The molecule has 0 spiro atoms. The molecular weight excluding hydrogens is 340 g/mol. The van der Waals surface area contributed by atoms with Crippen LogP contribution in [0.15, 0.2) is 40.1 Å². The van der Waals surface area contributed by atoms with Crippen LogP contribution < -0.4 is 20.9 Å². The average molecular weight is 358 g/mol. The topological polar surface area (TPSA) is 116 Å². The van der Waals surface area contributed by atoms with Crippen molar-refractivity contribution in [3.8, 4) is 5.75 Å². The van der Waals surface area contributed by atoms with E-state index in [2.05, 4.69) is 4.98 Å². The number of hydrogen-bond acceptors (Lipinski definition) is 5. The first kappa shape index (κ1) is 17.5. The SMILES string of the molecule is COc1ccc(N2CC(C)N(C(=O)c3c[nH]c(=O)[nH]c3=O)CC2=O)cc1. The molecule has 26 heavy (non-hydrogen) atoms. The Bertz CT molecular complexity index is 947. The Balaban J connectivity index is 1.81. The molecule has 1 aromatic heterocycles. The molecule has 2 aromatic rings. The summed E-state index contributed by atoms with van der Waals surface area (Å²) in [6.07, 6.45) is 1.07. The largest absolute Gasteiger partial charge is 0.497 e. The summed E-state index contributed by atoms with van der Waals surface area (Å²) < 4.78 is 5.11. The second-order valence-electron chi connectivity index (χ2n) is 5.97. The summed E-state index contributed by atoms with van der Waals surface area (Å²) >= 11 is 0. The number of rotatable bonds is 3. The molecule has 1 saturated heterocycles. The normalized spacial score (nSPS) is 17.3. The average Bonchev–Trinajstić information content (AvgIpc) is 2.63. The Hall–Kier alpha value is -3.36. The molecule has 1 unspecified atom stereocenters. The van der Waals surface area contributed by atoms with Crippen molar-refractivity contribution in [1.82, 2.24) is 14.9 Å². The predicted octanol–water partition coefficient (Wildman–Crippen LogP) is -0.0507. The quantitative estimate of drug-likeness (QED) is 0.798. The van der Waals surface area contributed by atoms with Gasteiger partial charge in [-0.3, -0.25) is 19.4 Å². The van der Waals surface area contributed by atoms with E-state index in [0.29, 0.717) is 11.4 Å². The van der Waals surface area contributed by atoms with Gasteiger partial charge in [0.25, 0.3) is 11.5 Å². The number of aromatic amines is 2. The van der Waals surface area contributed by atoms with Crippen LogP contribution in [0, 0.1) is 0 Å². The lowest BCUT2D eigenvalue weighted by Gasteiger charge is -2.39. The number of amides is 2. The summed E-state index contributed by atoms with van der Waals surface area (Å²) in [6, 6.07) is 6.74. The van der Waals surface area contributed by atoms with E-state index in [1.807, 2.05) is 4.98 Å². The highest BCUT2D eigenvalue weighted by Crippen LogP contribution is 2.23. The molecule has 3 rings (SSSR count). The van der Waals surface area contributed by atoms with Gasteiger partial charge in [-0.05, 0) is 31.2 Å². The highest BCUT2D eigenvalue weighted by Gasteiger charge is 2.34. The van der Waals surface area contributed by atoms with Crippen LogP contribution in [0.3, 0.4) is 0 Å². The molecule has 9 heteroatoms. The van der Waals surface area contributed by atoms with Gasteiger partial charge < -0.3 is 19.5 Å². The van der Waals surface area contributed by atoms with Crippen molar-refractivity contribution in [2.75, 3.05) is 25.1 Å². The van der Waals surface area contributed by atoms with E-state index in [9.17, 15) is 19.2 Å². The number of piperazine rings is 1. The Morgan fingerprint density at radius 3 is 2.50 bits per heavy atom. The second-order valence-corrected chi connectivity index (χ2v) is 5.97. The Morgan fingerprint density at radius 1 is 1.19 bits per heavy atom. The molecule has 1 fully saturated rings. The number of anilines is 1. The minimum absolute atomic E-state index is 0.162. The van der Waals surface area contributed by atoms with Crippen molar-refractivity contribution in [2.24, 2.45) is 0 Å². The summed E-state index contributed by atoms with van der Waals surface area (Å²) in [5.74, 6) is -0.180. The summed E-state index contributed by atoms with van der Waals surface area (Å²) in [6.45, 7) is 1.92. The van der Waals surface area contributed by atoms with Gasteiger partial charge in [-0.25, -0.2) is 4.79 Å². The number of ether oxygens (including phenoxy) is 1. The standard InChI is InChI=1S/C17H18N4O5/c1-10-8-21(11-3-5-12(26-2)6-4-11)14(22)9-20(10)16(24)13-7-18-17(25)19-15(13)23/h3-7,10H,8-9H2,1-2H3,(H2,18,19,23,25). The van der Waals surface area contributed by atoms with Crippen LogP contribution in [0.1, 0.15) is 17.3 Å². The maximum atomic E-state index is 12.6. The van der Waals surface area contributed by atoms with Gasteiger partial charge in [-0.15, -0.1) is 0 Å². The molecule has 0 bridgehead atoms. The number of aromatic nitrogens is 2. The van der Waals surface area contributed by atoms with Crippen molar-refractivity contribution in [3.63, 3.8) is 0 Å². The van der Waals surface area contributed by atoms with E-state index in [1.54, 1.807) is 43.2 Å². The summed E-state index contributed by atoms with van der Waals surface area (Å²) in [5.41, 5.74) is -0.977. The molecule has 2 N–H and O–H groups in total. The van der Waals surface area contributed by atoms with E-state index in [-0.39, 0.29) is 30.6 Å². The fourth-order valence-electron chi connectivity index (χ4n) is 2.86. The molecule has 1 aromatic carbocycles. The molecule has 0 aliphatic carbocycles. The third kappa shape index (κ3) is 3.23. The number of methoxy groups -OCH3 is 1. The molecule has 1 aliphatic rings. The van der Waals surface area contributed by atoms with Crippen molar-refractivity contribution in [3.05, 3.63) is 56.9 Å². The first-order chi connectivity index (χ1) is 12.4. The fourth-order valence-corrected chi connectivity index (χ4v) is 2.86. The van der Waals surface area contributed by atoms with Crippen molar-refractivity contribution in [2.45, 2.75) is 13.0 Å². The lowest BCUT2D eigenvalue weighted by molar-refractivity contribution is -0.121. The number of hydrogen-bond donors (Lipinski definition) is 2. The van der Waals surface area contributed by atoms with Crippen molar-refractivity contribution < 1.29 is 14.3 Å². The molecule has 2 amide bonds. The number of carbonyl (C=O) groups excluding carboxylic acids is 2. The van der Waals surface area contributed by atoms with E-state index >= 15 is 0 Å². The van der Waals surface area contributed by atoms with Gasteiger partial charge in [0.1, 0.15) is 17.9 Å². The maximum Gasteiger partial charge on any atom is 0.325 e. The zero-order valence-corrected chi connectivity index (χ0v) is 14.3. The molecule has 2 heterocycles. The minimum Gasteiger partial charge on any atom is -0.497 e. The van der Waals surface area contributed by atoms with Crippen LogP contribution in [0.4, 0.5) is 5.69 Å². The molecule has 0 saturated carbocycles. The van der Waals surface area contributed by atoms with E-state index in [0.717, 1.165) is 6.20 Å². The fraction of sp³-hybridized carbons (Fsp3) is 0.294. The number of carbonyl (C=O) groups is 2. The predicted molar refractivity (Wildman–Crippen MR) is 93.5 cm³/mol. The van der Waals surface area contributed by atoms with Crippen LogP contribution in [-0.4, -0.2) is 52.9 Å². The van der Waals surface area contributed by atoms with Gasteiger partial charge in [-0.1, -0.05) is 0 Å². The first-order valence-corrected chi connectivity index (χ1v) is 7.98. The Labute approximate surface area is 148 Å². The number of H-pyrrole nitrogens is 2. The lowest BCUT2D eigenvalue weighted by atomic mass is 10.1. The Kier molecular flexibility index (Phi) is 4.61. The zero-order chi connectivity index (χ0) is 18.8. The third-order valence-corrected chi connectivity index (χ3v) is 4.28. The zero-order valence-electron chi connectivity index (χ0n) is 14.3. The van der Waals surface area contributed by atoms with Crippen LogP contribution >= 0.6 is 0 Å². The maximum absolute atomic E-state index is 12.6. The second kappa shape index (κ2) is 6.87. The van der Waals surface area contributed by atoms with Gasteiger partial charge in [0, 0.05) is 24.5 Å². The Morgan fingerprint density at radius 2 is 1.88 bits per heavy atom. The van der Waals surface area contributed by atoms with Crippen LogP contribution in [0.5, 0.6) is 5.75 Å². The lowest BCUT2D eigenvalue weighted by Crippen LogP contribution is -2.57. The number of nitrogens with zero attached hydrogens (tertiary/aromatic N) is 2. The summed E-state index contributed by atoms with van der Waals surface area (Å²) in [4.78, 5) is 55.3. The van der Waals surface area contributed by atoms with E-state index < -0.39 is 17.2 Å².